The fourth-order valence-corrected chi connectivity index (χ4v) is 3.47. The van der Waals surface area contributed by atoms with E-state index in [0.717, 1.165) is 29.5 Å². The van der Waals surface area contributed by atoms with Crippen LogP contribution < -0.4 is 0 Å². The number of allylic oxidation sites excluding steroid dienone is 3. The molecule has 9 heteroatoms. The molecule has 2 aromatic rings. The molecule has 0 heterocycles. The number of aliphatic hydroxyl groups is 4. The molecule has 0 amide bonds. The molecule has 2 rings (SSSR count). The van der Waals surface area contributed by atoms with Crippen LogP contribution in [0.2, 0.25) is 0 Å². The lowest BCUT2D eigenvalue weighted by molar-refractivity contribution is 0.0258. The van der Waals surface area contributed by atoms with Crippen LogP contribution in [0.1, 0.15) is 91.3 Å². The van der Waals surface area contributed by atoms with E-state index in [2.05, 4.69) is 39.2 Å². The van der Waals surface area contributed by atoms with E-state index in [0.29, 0.717) is 11.1 Å². The lowest BCUT2D eigenvalue weighted by atomic mass is 9.98. The minimum Gasteiger partial charge on any atom is -0.460 e. The van der Waals surface area contributed by atoms with Crippen LogP contribution in [0.5, 0.6) is 0 Å². The Bertz CT molecular complexity index is 1130. The van der Waals surface area contributed by atoms with E-state index in [1.165, 1.54) is 25.0 Å². The Kier molecular flexibility index (Phi) is 30.9. The molecule has 0 saturated heterocycles. The van der Waals surface area contributed by atoms with Gasteiger partial charge in [0, 0.05) is 0 Å². The second-order valence-electron chi connectivity index (χ2n) is 9.54. The van der Waals surface area contributed by atoms with Crippen LogP contribution in [0.4, 0.5) is 0 Å². The van der Waals surface area contributed by atoms with Gasteiger partial charge in [-0.05, 0) is 66.6 Å². The Morgan fingerprint density at radius 3 is 1.70 bits per heavy atom. The van der Waals surface area contributed by atoms with Crippen molar-refractivity contribution in [2.75, 3.05) is 39.6 Å². The van der Waals surface area contributed by atoms with E-state index in [1.54, 1.807) is 48.5 Å². The number of ether oxygens (including phenoxy) is 3. The highest BCUT2D eigenvalue weighted by Crippen LogP contribution is 2.24. The number of carbonyl (C=O) groups excluding carboxylic acids is 2. The maximum Gasteiger partial charge on any atom is 0.338 e. The molecule has 0 aliphatic carbocycles. The molecule has 0 bridgehead atoms. The topological polar surface area (TPSA) is 143 Å². The van der Waals surface area contributed by atoms with Crippen molar-refractivity contribution in [3.05, 3.63) is 120 Å². The molecular weight excluding hydrogens is 600 g/mol. The highest BCUT2D eigenvalue weighted by molar-refractivity contribution is 5.89. The molecule has 1 unspecified atom stereocenters. The van der Waals surface area contributed by atoms with Gasteiger partial charge < -0.3 is 34.6 Å². The molecule has 0 spiro atoms. The average molecular weight is 657 g/mol. The van der Waals surface area contributed by atoms with Gasteiger partial charge in [-0.15, -0.1) is 6.58 Å². The summed E-state index contributed by atoms with van der Waals surface area (Å²) < 4.78 is 14.9. The van der Waals surface area contributed by atoms with Gasteiger partial charge in [-0.2, -0.15) is 0 Å². The summed E-state index contributed by atoms with van der Waals surface area (Å²) >= 11 is 0. The molecular formula is C38H56O9. The Morgan fingerprint density at radius 2 is 1.28 bits per heavy atom. The number of hydrogen-bond donors (Lipinski definition) is 4. The quantitative estimate of drug-likeness (QED) is 0.0833. The number of esters is 2. The van der Waals surface area contributed by atoms with Crippen LogP contribution in [0.15, 0.2) is 97.6 Å². The minimum atomic E-state index is -0.642. The summed E-state index contributed by atoms with van der Waals surface area (Å²) in [5.41, 5.74) is 3.41. The number of hydrogen-bond acceptors (Lipinski definition) is 9. The summed E-state index contributed by atoms with van der Waals surface area (Å²) in [5, 5.41) is 35.4. The summed E-state index contributed by atoms with van der Waals surface area (Å²) in [6.07, 6.45) is 12.7. The SMILES string of the molecule is C=CCO.C=CCOC(=O)c1ccc(CO)cc1.CCC=C(CC)C(O)c1ccc(C(=O)OCCOCCO)cc1.CCC=CCC. The predicted molar refractivity (Wildman–Crippen MR) is 188 cm³/mol. The van der Waals surface area contributed by atoms with Crippen molar-refractivity contribution in [1.29, 1.82) is 0 Å². The van der Waals surface area contributed by atoms with E-state index in [-0.39, 0.29) is 52.2 Å². The van der Waals surface area contributed by atoms with Gasteiger partial charge in [0.2, 0.25) is 0 Å². The fraction of sp³-hybridized carbons (Fsp3) is 0.421. The summed E-state index contributed by atoms with van der Waals surface area (Å²) in [7, 11) is 0. The van der Waals surface area contributed by atoms with Gasteiger partial charge in [-0.25, -0.2) is 9.59 Å². The van der Waals surface area contributed by atoms with Crippen molar-refractivity contribution in [2.45, 2.75) is 66.1 Å². The van der Waals surface area contributed by atoms with Gasteiger partial charge in [0.1, 0.15) is 19.3 Å². The Labute approximate surface area is 281 Å². The lowest BCUT2D eigenvalue weighted by Crippen LogP contribution is -2.12. The number of aliphatic hydroxyl groups excluding tert-OH is 4. The molecule has 0 aromatic heterocycles. The maximum absolute atomic E-state index is 11.9. The zero-order valence-corrected chi connectivity index (χ0v) is 28.6. The van der Waals surface area contributed by atoms with Crippen LogP contribution in [0, 0.1) is 0 Å². The van der Waals surface area contributed by atoms with Crippen molar-refractivity contribution in [3.63, 3.8) is 0 Å². The lowest BCUT2D eigenvalue weighted by Gasteiger charge is -2.14. The fourth-order valence-electron chi connectivity index (χ4n) is 3.47. The van der Waals surface area contributed by atoms with Crippen LogP contribution >= 0.6 is 0 Å². The second kappa shape index (κ2) is 32.1. The van der Waals surface area contributed by atoms with Crippen LogP contribution in [0.25, 0.3) is 0 Å². The molecule has 0 fully saturated rings. The molecule has 4 N–H and O–H groups in total. The molecule has 0 radical (unpaired) electrons. The van der Waals surface area contributed by atoms with Gasteiger partial charge in [0.25, 0.3) is 0 Å². The van der Waals surface area contributed by atoms with E-state index < -0.39 is 12.1 Å². The third-order valence-corrected chi connectivity index (χ3v) is 5.86. The second-order valence-corrected chi connectivity index (χ2v) is 9.54. The standard InChI is InChI=1S/C18H26O5.C11H12O3.C6H12.C3H6O/c1-3-5-14(4-2)17(20)15-6-8-16(9-7-15)18(21)23-13-12-22-11-10-19;1-2-7-14-11(13)10-5-3-9(8-12)4-6-10;1-3-5-6-4-2;1-2-3-4/h5-9,17,19-20H,3-4,10-13H2,1-2H3;2-6,12H,1,7-8H2;5-6H,3-4H2,1-2H3;2,4H,1,3H2. The largest absolute Gasteiger partial charge is 0.460 e. The molecule has 0 saturated carbocycles. The van der Waals surface area contributed by atoms with Crippen molar-refractivity contribution in [2.24, 2.45) is 0 Å². The first kappa shape index (κ1) is 45.3. The summed E-state index contributed by atoms with van der Waals surface area (Å²) in [4.78, 5) is 23.1. The van der Waals surface area contributed by atoms with E-state index in [1.807, 2.05) is 19.9 Å². The summed E-state index contributed by atoms with van der Waals surface area (Å²) in [6, 6.07) is 13.4. The molecule has 1 atom stereocenters. The summed E-state index contributed by atoms with van der Waals surface area (Å²) in [5.74, 6) is -0.812. The minimum absolute atomic E-state index is 0.0258. The van der Waals surface area contributed by atoms with Crippen LogP contribution in [-0.2, 0) is 20.8 Å². The highest BCUT2D eigenvalue weighted by atomic mass is 16.6. The van der Waals surface area contributed by atoms with Gasteiger partial charge in [-0.3, -0.25) is 0 Å². The van der Waals surface area contributed by atoms with Crippen molar-refractivity contribution >= 4 is 11.9 Å². The first-order valence-electron chi connectivity index (χ1n) is 15.9. The van der Waals surface area contributed by atoms with Gasteiger partial charge in [0.15, 0.2) is 0 Å². The summed E-state index contributed by atoms with van der Waals surface area (Å²) in [6.45, 7) is 15.8. The van der Waals surface area contributed by atoms with Crippen LogP contribution in [0.3, 0.4) is 0 Å². The Hall–Kier alpha value is -3.86. The monoisotopic (exact) mass is 656 g/mol. The maximum atomic E-state index is 11.9. The third-order valence-electron chi connectivity index (χ3n) is 5.86. The van der Waals surface area contributed by atoms with E-state index in [4.69, 9.17) is 29.5 Å². The number of rotatable bonds is 17. The van der Waals surface area contributed by atoms with Crippen molar-refractivity contribution < 1.29 is 44.2 Å². The molecule has 9 nitrogen and oxygen atoms in total. The van der Waals surface area contributed by atoms with Crippen molar-refractivity contribution in [1.82, 2.24) is 0 Å². The number of benzene rings is 2. The average Bonchev–Trinajstić information content (AvgIpc) is 3.12. The van der Waals surface area contributed by atoms with Gasteiger partial charge in [0.05, 0.1) is 44.2 Å². The molecule has 262 valence electrons. The third kappa shape index (κ3) is 23.2. The first-order valence-corrected chi connectivity index (χ1v) is 15.9. The Morgan fingerprint density at radius 1 is 0.745 bits per heavy atom. The smallest absolute Gasteiger partial charge is 0.338 e. The number of carbonyl (C=O) groups is 2. The zero-order valence-electron chi connectivity index (χ0n) is 28.6. The predicted octanol–water partition coefficient (Wildman–Crippen LogP) is 6.68. The van der Waals surface area contributed by atoms with E-state index >= 15 is 0 Å². The highest BCUT2D eigenvalue weighted by Gasteiger charge is 2.13. The molecule has 2 aromatic carbocycles. The van der Waals surface area contributed by atoms with Crippen LogP contribution in [-0.4, -0.2) is 72.0 Å². The Balaban J connectivity index is 0. The van der Waals surface area contributed by atoms with Crippen molar-refractivity contribution in [3.8, 4) is 0 Å². The molecule has 47 heavy (non-hydrogen) atoms. The van der Waals surface area contributed by atoms with Gasteiger partial charge >= 0.3 is 11.9 Å². The zero-order chi connectivity index (χ0) is 35.7. The normalized spacial score (nSPS) is 11.0. The van der Waals surface area contributed by atoms with Gasteiger partial charge in [-0.1, -0.05) is 88.9 Å². The van der Waals surface area contributed by atoms with E-state index in [9.17, 15) is 14.7 Å². The molecule has 0 aliphatic rings. The first-order chi connectivity index (χ1) is 22.7. The molecule has 0 aliphatic heterocycles.